The van der Waals surface area contributed by atoms with Crippen molar-refractivity contribution < 1.29 is 28.6 Å². The highest BCUT2D eigenvalue weighted by atomic mass is 19.1. The van der Waals surface area contributed by atoms with E-state index < -0.39 is 24.3 Å². The summed E-state index contributed by atoms with van der Waals surface area (Å²) in [7, 11) is 1.36. The van der Waals surface area contributed by atoms with E-state index in [0.717, 1.165) is 0 Å². The van der Waals surface area contributed by atoms with E-state index in [-0.39, 0.29) is 17.1 Å². The third-order valence-corrected chi connectivity index (χ3v) is 3.52. The molecule has 25 heavy (non-hydrogen) atoms. The lowest BCUT2D eigenvalue weighted by Crippen LogP contribution is -2.34. The number of halogens is 1. The lowest BCUT2D eigenvalue weighted by molar-refractivity contribution is -0.121. The zero-order valence-electron chi connectivity index (χ0n) is 13.9. The molecule has 0 radical (unpaired) electrons. The number of benzene rings is 2. The van der Waals surface area contributed by atoms with Crippen molar-refractivity contribution in [3.63, 3.8) is 0 Å². The van der Waals surface area contributed by atoms with Gasteiger partial charge >= 0.3 is 5.97 Å². The van der Waals surface area contributed by atoms with Crippen LogP contribution in [-0.2, 0) is 9.53 Å². The molecule has 0 unspecified atom stereocenters. The van der Waals surface area contributed by atoms with Crippen molar-refractivity contribution in [3.8, 4) is 11.5 Å². The number of anilines is 1. The van der Waals surface area contributed by atoms with E-state index in [0.29, 0.717) is 12.2 Å². The normalized spacial score (nSPS) is 10.2. The second-order valence-corrected chi connectivity index (χ2v) is 5.05. The number of carbonyl (C=O) groups is 2. The van der Waals surface area contributed by atoms with Crippen LogP contribution in [0.25, 0.3) is 0 Å². The van der Waals surface area contributed by atoms with Crippen LogP contribution in [0, 0.1) is 5.82 Å². The molecule has 0 atom stereocenters. The molecule has 0 spiro atoms. The average molecular weight is 347 g/mol. The van der Waals surface area contributed by atoms with Gasteiger partial charge in [0.25, 0.3) is 5.91 Å². The average Bonchev–Trinajstić information content (AvgIpc) is 2.62. The topological polar surface area (TPSA) is 76.1 Å². The van der Waals surface area contributed by atoms with Gasteiger partial charge in [-0.3, -0.25) is 4.79 Å². The van der Waals surface area contributed by atoms with Crippen LogP contribution in [-0.4, -0.2) is 37.2 Å². The van der Waals surface area contributed by atoms with E-state index in [2.05, 4.69) is 0 Å². The predicted octanol–water partition coefficient (Wildman–Crippen LogP) is 2.75. The Balaban J connectivity index is 2.05. The molecule has 0 aliphatic rings. The zero-order chi connectivity index (χ0) is 18.4. The molecule has 0 aliphatic heterocycles. The zero-order valence-corrected chi connectivity index (χ0v) is 13.9. The summed E-state index contributed by atoms with van der Waals surface area (Å²) in [5.41, 5.74) is 0.395. The molecule has 0 fully saturated rings. The number of methoxy groups -OCH3 is 1. The molecule has 2 rings (SSSR count). The Morgan fingerprint density at radius 2 is 1.84 bits per heavy atom. The van der Waals surface area contributed by atoms with Crippen molar-refractivity contribution >= 4 is 17.6 Å². The molecule has 0 heterocycles. The fourth-order valence-corrected chi connectivity index (χ4v) is 2.26. The molecule has 1 N–H and O–H groups in total. The molecular formula is C18H18FNO5. The lowest BCUT2D eigenvalue weighted by atomic mass is 10.2. The largest absolute Gasteiger partial charge is 0.504 e. The molecule has 2 aromatic rings. The number of esters is 1. The van der Waals surface area contributed by atoms with E-state index in [1.54, 1.807) is 6.92 Å². The van der Waals surface area contributed by atoms with Gasteiger partial charge in [-0.25, -0.2) is 9.18 Å². The molecule has 0 aliphatic carbocycles. The molecule has 0 aromatic heterocycles. The van der Waals surface area contributed by atoms with Crippen molar-refractivity contribution in [2.75, 3.05) is 25.2 Å². The monoisotopic (exact) mass is 347 g/mol. The first-order valence-corrected chi connectivity index (χ1v) is 7.57. The fourth-order valence-electron chi connectivity index (χ4n) is 2.26. The number of phenols is 1. The SMILES string of the molecule is CCN(C(=O)COC(=O)c1cccc(OC)c1O)c1ccc(F)cc1. The second-order valence-electron chi connectivity index (χ2n) is 5.05. The molecule has 7 heteroatoms. The molecule has 6 nitrogen and oxygen atoms in total. The number of aromatic hydroxyl groups is 1. The second kappa shape index (κ2) is 8.14. The highest BCUT2D eigenvalue weighted by molar-refractivity contribution is 5.98. The number of para-hydroxylation sites is 1. The number of hydrogen-bond acceptors (Lipinski definition) is 5. The van der Waals surface area contributed by atoms with E-state index in [4.69, 9.17) is 9.47 Å². The van der Waals surface area contributed by atoms with Gasteiger partial charge in [-0.05, 0) is 43.3 Å². The van der Waals surface area contributed by atoms with Crippen LogP contribution < -0.4 is 9.64 Å². The first-order valence-electron chi connectivity index (χ1n) is 7.57. The maximum atomic E-state index is 13.0. The van der Waals surface area contributed by atoms with Crippen LogP contribution >= 0.6 is 0 Å². The molecule has 0 saturated heterocycles. The lowest BCUT2D eigenvalue weighted by Gasteiger charge is -2.21. The summed E-state index contributed by atoms with van der Waals surface area (Å²) in [4.78, 5) is 25.7. The predicted molar refractivity (Wildman–Crippen MR) is 89.4 cm³/mol. The van der Waals surface area contributed by atoms with Crippen LogP contribution in [0.2, 0.25) is 0 Å². The summed E-state index contributed by atoms with van der Waals surface area (Å²) >= 11 is 0. The van der Waals surface area contributed by atoms with E-state index in [9.17, 15) is 19.1 Å². The number of carbonyl (C=O) groups excluding carboxylic acids is 2. The van der Waals surface area contributed by atoms with E-state index in [1.165, 1.54) is 54.5 Å². The molecule has 0 saturated carbocycles. The molecule has 1 amide bonds. The summed E-state index contributed by atoms with van der Waals surface area (Å²) in [6.45, 7) is 1.56. The van der Waals surface area contributed by atoms with Crippen molar-refractivity contribution in [1.29, 1.82) is 0 Å². The van der Waals surface area contributed by atoms with Crippen LogP contribution in [0.5, 0.6) is 11.5 Å². The molecule has 132 valence electrons. The molecular weight excluding hydrogens is 329 g/mol. The Labute approximate surface area is 144 Å². The summed E-state index contributed by atoms with van der Waals surface area (Å²) in [6.07, 6.45) is 0. The van der Waals surface area contributed by atoms with Crippen molar-refractivity contribution in [2.24, 2.45) is 0 Å². The van der Waals surface area contributed by atoms with Gasteiger partial charge in [0.15, 0.2) is 18.1 Å². The Morgan fingerprint density at radius 3 is 2.44 bits per heavy atom. The number of phenolic OH excluding ortho intramolecular Hbond substituents is 1. The van der Waals surface area contributed by atoms with Crippen LogP contribution in [0.15, 0.2) is 42.5 Å². The van der Waals surface area contributed by atoms with Gasteiger partial charge < -0.3 is 19.5 Å². The highest BCUT2D eigenvalue weighted by Crippen LogP contribution is 2.29. The van der Waals surface area contributed by atoms with E-state index in [1.807, 2.05) is 0 Å². The van der Waals surface area contributed by atoms with Gasteiger partial charge in [0.1, 0.15) is 11.4 Å². The standard InChI is InChI=1S/C18H18FNO5/c1-3-20(13-9-7-12(19)8-10-13)16(21)11-25-18(23)14-5-4-6-15(24-2)17(14)22/h4-10,22H,3,11H2,1-2H3. The van der Waals surface area contributed by atoms with Crippen LogP contribution in [0.1, 0.15) is 17.3 Å². The Bertz CT molecular complexity index is 761. The minimum atomic E-state index is -0.847. The quantitative estimate of drug-likeness (QED) is 0.813. The van der Waals surface area contributed by atoms with E-state index >= 15 is 0 Å². The first-order chi connectivity index (χ1) is 12.0. The summed E-state index contributed by atoms with van der Waals surface area (Å²) in [5.74, 6) is -1.95. The van der Waals surface area contributed by atoms with Crippen molar-refractivity contribution in [2.45, 2.75) is 6.92 Å². The molecule has 0 bridgehead atoms. The Kier molecular flexibility index (Phi) is 5.94. The number of likely N-dealkylation sites (N-methyl/N-ethyl adjacent to an activating group) is 1. The third-order valence-electron chi connectivity index (χ3n) is 3.52. The number of hydrogen-bond donors (Lipinski definition) is 1. The fraction of sp³-hybridized carbons (Fsp3) is 0.222. The maximum absolute atomic E-state index is 13.0. The number of amides is 1. The summed E-state index contributed by atoms with van der Waals surface area (Å²) in [6, 6.07) is 9.79. The van der Waals surface area contributed by atoms with Crippen LogP contribution in [0.3, 0.4) is 0 Å². The molecule has 2 aromatic carbocycles. The Morgan fingerprint density at radius 1 is 1.16 bits per heavy atom. The van der Waals surface area contributed by atoms with Crippen LogP contribution in [0.4, 0.5) is 10.1 Å². The van der Waals surface area contributed by atoms with Crippen molar-refractivity contribution in [3.05, 3.63) is 53.8 Å². The van der Waals surface area contributed by atoms with Gasteiger partial charge in [0.2, 0.25) is 0 Å². The van der Waals surface area contributed by atoms with Gasteiger partial charge in [-0.15, -0.1) is 0 Å². The Hall–Kier alpha value is -3.09. The van der Waals surface area contributed by atoms with Gasteiger partial charge in [0.05, 0.1) is 7.11 Å². The van der Waals surface area contributed by atoms with Gasteiger partial charge in [-0.1, -0.05) is 6.07 Å². The summed E-state index contributed by atoms with van der Waals surface area (Å²) in [5, 5.41) is 9.93. The minimum Gasteiger partial charge on any atom is -0.504 e. The van der Waals surface area contributed by atoms with Crippen molar-refractivity contribution in [1.82, 2.24) is 0 Å². The minimum absolute atomic E-state index is 0.100. The third kappa shape index (κ3) is 4.26. The highest BCUT2D eigenvalue weighted by Gasteiger charge is 2.20. The van der Waals surface area contributed by atoms with Gasteiger partial charge in [0, 0.05) is 12.2 Å². The first kappa shape index (κ1) is 18.3. The van der Waals surface area contributed by atoms with Gasteiger partial charge in [-0.2, -0.15) is 0 Å². The summed E-state index contributed by atoms with van der Waals surface area (Å²) < 4.78 is 22.9. The number of nitrogens with zero attached hydrogens (tertiary/aromatic N) is 1. The smallest absolute Gasteiger partial charge is 0.342 e. The maximum Gasteiger partial charge on any atom is 0.342 e. The number of ether oxygens (including phenoxy) is 2. The number of rotatable bonds is 6.